The lowest BCUT2D eigenvalue weighted by Crippen LogP contribution is -2.33. The number of pyridine rings is 1. The molecular formula is C11H17N6+. The molecule has 2 rings (SSSR count). The van der Waals surface area contributed by atoms with Gasteiger partial charge >= 0.3 is 0 Å². The van der Waals surface area contributed by atoms with Crippen molar-refractivity contribution >= 4 is 17.0 Å². The number of fused-ring (bicyclic) bond motifs is 1. The van der Waals surface area contributed by atoms with Gasteiger partial charge in [-0.15, -0.1) is 5.10 Å². The molecule has 2 aromatic heterocycles. The van der Waals surface area contributed by atoms with E-state index in [1.807, 2.05) is 45.0 Å². The van der Waals surface area contributed by atoms with E-state index in [0.717, 1.165) is 17.0 Å². The van der Waals surface area contributed by atoms with E-state index < -0.39 is 0 Å². The fourth-order valence-electron chi connectivity index (χ4n) is 1.73. The van der Waals surface area contributed by atoms with Gasteiger partial charge in [0, 0.05) is 6.20 Å². The molecule has 0 N–H and O–H groups in total. The Morgan fingerprint density at radius 3 is 2.82 bits per heavy atom. The van der Waals surface area contributed by atoms with Crippen LogP contribution in [0.2, 0.25) is 0 Å². The number of hydrogen-bond acceptors (Lipinski definition) is 3. The molecule has 17 heavy (non-hydrogen) atoms. The van der Waals surface area contributed by atoms with E-state index in [-0.39, 0.29) is 0 Å². The Balaban J connectivity index is 2.39. The van der Waals surface area contributed by atoms with Crippen molar-refractivity contribution in [3.63, 3.8) is 0 Å². The first-order valence-corrected chi connectivity index (χ1v) is 5.44. The van der Waals surface area contributed by atoms with Gasteiger partial charge in [0.2, 0.25) is 0 Å². The van der Waals surface area contributed by atoms with Crippen LogP contribution < -0.4 is 0 Å². The Hall–Kier alpha value is -1.98. The minimum Gasteiger partial charge on any atom is -0.269 e. The SMILES string of the molecule is CN(C)C(Cn1nnc2cccnc21)=[N+](C)C. The van der Waals surface area contributed by atoms with Gasteiger partial charge in [-0.25, -0.2) is 9.67 Å². The van der Waals surface area contributed by atoms with Gasteiger partial charge in [-0.2, -0.15) is 0 Å². The molecule has 0 saturated carbocycles. The highest BCUT2D eigenvalue weighted by Gasteiger charge is 2.15. The maximum absolute atomic E-state index is 4.30. The van der Waals surface area contributed by atoms with Gasteiger partial charge < -0.3 is 0 Å². The first kappa shape index (κ1) is 11.5. The summed E-state index contributed by atoms with van der Waals surface area (Å²) in [6.07, 6.45) is 1.76. The fourth-order valence-corrected chi connectivity index (χ4v) is 1.73. The highest BCUT2D eigenvalue weighted by molar-refractivity contribution is 5.78. The highest BCUT2D eigenvalue weighted by atomic mass is 15.4. The molecule has 90 valence electrons. The van der Waals surface area contributed by atoms with Crippen LogP contribution in [0.4, 0.5) is 0 Å². The maximum Gasteiger partial charge on any atom is 0.268 e. The first-order valence-electron chi connectivity index (χ1n) is 5.44. The van der Waals surface area contributed by atoms with Crippen molar-refractivity contribution in [3.05, 3.63) is 18.3 Å². The van der Waals surface area contributed by atoms with Crippen LogP contribution in [0.25, 0.3) is 11.2 Å². The quantitative estimate of drug-likeness (QED) is 0.418. The zero-order valence-corrected chi connectivity index (χ0v) is 10.6. The molecule has 0 aliphatic heterocycles. The van der Waals surface area contributed by atoms with Crippen LogP contribution in [-0.2, 0) is 6.54 Å². The summed E-state index contributed by atoms with van der Waals surface area (Å²) < 4.78 is 3.88. The van der Waals surface area contributed by atoms with Gasteiger partial charge in [0.1, 0.15) is 12.1 Å². The lowest BCUT2D eigenvalue weighted by atomic mass is 10.4. The number of rotatable bonds is 2. The summed E-state index contributed by atoms with van der Waals surface area (Å²) in [5.74, 6) is 1.14. The molecule has 0 unspecified atom stereocenters. The van der Waals surface area contributed by atoms with E-state index in [2.05, 4.69) is 24.8 Å². The van der Waals surface area contributed by atoms with Crippen molar-refractivity contribution in [2.24, 2.45) is 0 Å². The summed E-state index contributed by atoms with van der Waals surface area (Å²) in [6, 6.07) is 3.78. The molecule has 0 radical (unpaired) electrons. The van der Waals surface area contributed by atoms with E-state index in [1.165, 1.54) is 0 Å². The van der Waals surface area contributed by atoms with Crippen molar-refractivity contribution in [1.29, 1.82) is 0 Å². The minimum atomic E-state index is 0.660. The predicted molar refractivity (Wildman–Crippen MR) is 66.1 cm³/mol. The second kappa shape index (κ2) is 4.48. The molecule has 6 nitrogen and oxygen atoms in total. The molecule has 2 aromatic rings. The number of nitrogens with zero attached hydrogens (tertiary/aromatic N) is 6. The van der Waals surface area contributed by atoms with Crippen LogP contribution in [0.3, 0.4) is 0 Å². The molecule has 2 heterocycles. The molecule has 0 amide bonds. The fraction of sp³-hybridized carbons (Fsp3) is 0.455. The molecule has 6 heteroatoms. The second-order valence-corrected chi connectivity index (χ2v) is 4.30. The highest BCUT2D eigenvalue weighted by Crippen LogP contribution is 2.06. The summed E-state index contributed by atoms with van der Waals surface area (Å²) in [5.41, 5.74) is 1.64. The third kappa shape index (κ3) is 2.25. The first-order chi connectivity index (χ1) is 8.09. The molecule has 0 spiro atoms. The largest absolute Gasteiger partial charge is 0.269 e. The Morgan fingerprint density at radius 1 is 1.41 bits per heavy atom. The smallest absolute Gasteiger partial charge is 0.268 e. The van der Waals surface area contributed by atoms with E-state index in [0.29, 0.717) is 6.54 Å². The number of hydrogen-bond donors (Lipinski definition) is 0. The Morgan fingerprint density at radius 2 is 2.18 bits per heavy atom. The van der Waals surface area contributed by atoms with E-state index in [9.17, 15) is 0 Å². The van der Waals surface area contributed by atoms with E-state index in [1.54, 1.807) is 6.20 Å². The van der Waals surface area contributed by atoms with E-state index >= 15 is 0 Å². The average Bonchev–Trinajstić information content (AvgIpc) is 2.68. The molecular weight excluding hydrogens is 216 g/mol. The van der Waals surface area contributed by atoms with Gasteiger partial charge in [-0.1, -0.05) is 5.21 Å². The van der Waals surface area contributed by atoms with E-state index in [4.69, 9.17) is 0 Å². The monoisotopic (exact) mass is 233 g/mol. The zero-order valence-electron chi connectivity index (χ0n) is 10.6. The van der Waals surface area contributed by atoms with Gasteiger partial charge in [0.15, 0.2) is 5.65 Å². The predicted octanol–water partition coefficient (Wildman–Crippen LogP) is 0.0585. The van der Waals surface area contributed by atoms with Gasteiger partial charge in [0.05, 0.1) is 28.2 Å². The second-order valence-electron chi connectivity index (χ2n) is 4.30. The van der Waals surface area contributed by atoms with Crippen LogP contribution in [-0.4, -0.2) is 63.5 Å². The van der Waals surface area contributed by atoms with Crippen molar-refractivity contribution < 1.29 is 4.58 Å². The standard InChI is InChI=1S/C11H17N6/c1-15(2)10(16(3)4)8-17-11-9(13-14-17)6-5-7-12-11/h5-7H,8H2,1-4H3/q+1. The summed E-state index contributed by atoms with van der Waals surface area (Å²) in [5, 5.41) is 8.22. The normalized spacial score (nSPS) is 10.6. The lowest BCUT2D eigenvalue weighted by molar-refractivity contribution is -0.471. The topological polar surface area (TPSA) is 49.9 Å². The summed E-state index contributed by atoms with van der Waals surface area (Å²) >= 11 is 0. The number of aromatic nitrogens is 4. The molecule has 0 aliphatic rings. The summed E-state index contributed by atoms with van der Waals surface area (Å²) in [7, 11) is 8.06. The average molecular weight is 233 g/mol. The van der Waals surface area contributed by atoms with Crippen LogP contribution in [0.1, 0.15) is 0 Å². The summed E-state index contributed by atoms with van der Waals surface area (Å²) in [6.45, 7) is 0.660. The van der Waals surface area contributed by atoms with Crippen LogP contribution in [0.15, 0.2) is 18.3 Å². The number of likely N-dealkylation sites (N-methyl/N-ethyl adjacent to an activating group) is 1. The molecule has 0 aliphatic carbocycles. The van der Waals surface area contributed by atoms with Crippen molar-refractivity contribution in [2.45, 2.75) is 6.54 Å². The minimum absolute atomic E-state index is 0.660. The van der Waals surface area contributed by atoms with Crippen molar-refractivity contribution in [3.8, 4) is 0 Å². The molecule has 0 saturated heterocycles. The Kier molecular flexibility index (Phi) is 3.03. The van der Waals surface area contributed by atoms with Gasteiger partial charge in [-0.05, 0) is 12.1 Å². The molecule has 0 atom stereocenters. The molecule has 0 aromatic carbocycles. The third-order valence-electron chi connectivity index (χ3n) is 2.59. The van der Waals surface area contributed by atoms with Crippen LogP contribution in [0.5, 0.6) is 0 Å². The van der Waals surface area contributed by atoms with Crippen LogP contribution in [0, 0.1) is 0 Å². The maximum atomic E-state index is 4.30. The Bertz CT molecular complexity index is 550. The molecule has 0 fully saturated rings. The summed E-state index contributed by atoms with van der Waals surface area (Å²) in [4.78, 5) is 6.37. The third-order valence-corrected chi connectivity index (χ3v) is 2.59. The zero-order chi connectivity index (χ0) is 12.4. The lowest BCUT2D eigenvalue weighted by Gasteiger charge is -2.11. The van der Waals surface area contributed by atoms with Crippen LogP contribution >= 0.6 is 0 Å². The molecule has 0 bridgehead atoms. The Labute approximate surface area is 100 Å². The van der Waals surface area contributed by atoms with Crippen molar-refractivity contribution in [2.75, 3.05) is 28.2 Å². The van der Waals surface area contributed by atoms with Gasteiger partial charge in [0.25, 0.3) is 5.84 Å². The van der Waals surface area contributed by atoms with Crippen molar-refractivity contribution in [1.82, 2.24) is 24.9 Å². The number of amidine groups is 1. The van der Waals surface area contributed by atoms with Gasteiger partial charge in [-0.3, -0.25) is 9.48 Å².